The van der Waals surface area contributed by atoms with E-state index in [9.17, 15) is 9.59 Å². The number of carbonyl (C=O) groups excluding carboxylic acids is 2. The fourth-order valence-electron chi connectivity index (χ4n) is 3.66. The molecule has 0 bridgehead atoms. The lowest BCUT2D eigenvalue weighted by molar-refractivity contribution is -0.123. The van der Waals surface area contributed by atoms with Crippen molar-refractivity contribution in [1.82, 2.24) is 20.2 Å². The fraction of sp³-hybridized carbons (Fsp3) is 0.429. The summed E-state index contributed by atoms with van der Waals surface area (Å²) in [6.07, 6.45) is 1.93. The summed E-state index contributed by atoms with van der Waals surface area (Å²) >= 11 is 0. The molecule has 2 aromatic rings. The zero-order valence-corrected chi connectivity index (χ0v) is 17.2. The highest BCUT2D eigenvalue weighted by Crippen LogP contribution is 2.29. The van der Waals surface area contributed by atoms with Crippen molar-refractivity contribution in [1.29, 1.82) is 0 Å². The molecule has 1 fully saturated rings. The van der Waals surface area contributed by atoms with E-state index in [1.165, 1.54) is 0 Å². The number of anilines is 2. The van der Waals surface area contributed by atoms with Gasteiger partial charge in [0.05, 0.1) is 17.6 Å². The third kappa shape index (κ3) is 4.20. The van der Waals surface area contributed by atoms with Gasteiger partial charge in [-0.15, -0.1) is 0 Å². The first-order chi connectivity index (χ1) is 14.6. The minimum absolute atomic E-state index is 0.140. The fourth-order valence-corrected chi connectivity index (χ4v) is 3.66. The quantitative estimate of drug-likeness (QED) is 0.766. The number of hydrogen-bond acceptors (Lipinski definition) is 7. The second kappa shape index (κ2) is 8.66. The lowest BCUT2D eigenvalue weighted by atomic mass is 10.2. The monoisotopic (exact) mass is 410 g/mol. The number of pyridine rings is 2. The van der Waals surface area contributed by atoms with Gasteiger partial charge in [-0.1, -0.05) is 6.92 Å². The van der Waals surface area contributed by atoms with Gasteiger partial charge in [0, 0.05) is 39.8 Å². The van der Waals surface area contributed by atoms with E-state index in [-0.39, 0.29) is 11.8 Å². The van der Waals surface area contributed by atoms with E-state index in [0.29, 0.717) is 30.2 Å². The Hall–Kier alpha value is -3.20. The SMILES string of the molecule is CCC1Oc2ccc(CN3CCN(c4ccc(C(=O)NC)nc4)CC3)nc2NC1=O. The van der Waals surface area contributed by atoms with Crippen molar-refractivity contribution in [3.8, 4) is 5.75 Å². The summed E-state index contributed by atoms with van der Waals surface area (Å²) in [5.41, 5.74) is 2.33. The molecule has 4 heterocycles. The molecule has 158 valence electrons. The molecule has 2 amide bonds. The van der Waals surface area contributed by atoms with E-state index >= 15 is 0 Å². The standard InChI is InChI=1S/C21H26N6O3/c1-3-17-21(29)25-19-18(30-17)7-4-14(24-19)13-26-8-10-27(11-9-26)15-5-6-16(23-12-15)20(28)22-2/h4-7,12,17H,3,8-11,13H2,1-2H3,(H,22,28)(H,24,25,29). The Morgan fingerprint density at radius 1 is 1.23 bits per heavy atom. The van der Waals surface area contributed by atoms with E-state index in [1.54, 1.807) is 19.3 Å². The average Bonchev–Trinajstić information content (AvgIpc) is 2.78. The Labute approximate surface area is 175 Å². The van der Waals surface area contributed by atoms with Crippen molar-refractivity contribution in [3.05, 3.63) is 41.9 Å². The van der Waals surface area contributed by atoms with Crippen LogP contribution in [0.15, 0.2) is 30.5 Å². The number of amides is 2. The second-order valence-corrected chi connectivity index (χ2v) is 7.40. The van der Waals surface area contributed by atoms with Crippen LogP contribution in [0.25, 0.3) is 0 Å². The molecule has 2 aliphatic rings. The van der Waals surface area contributed by atoms with Crippen molar-refractivity contribution in [3.63, 3.8) is 0 Å². The highest BCUT2D eigenvalue weighted by atomic mass is 16.5. The molecule has 0 saturated carbocycles. The van der Waals surface area contributed by atoms with Crippen LogP contribution in [-0.2, 0) is 11.3 Å². The van der Waals surface area contributed by atoms with Crippen LogP contribution in [0, 0.1) is 0 Å². The van der Waals surface area contributed by atoms with Gasteiger partial charge in [-0.25, -0.2) is 9.97 Å². The maximum absolute atomic E-state index is 12.0. The maximum Gasteiger partial charge on any atom is 0.269 e. The number of aromatic nitrogens is 2. The highest BCUT2D eigenvalue weighted by Gasteiger charge is 2.27. The van der Waals surface area contributed by atoms with Crippen LogP contribution in [0.3, 0.4) is 0 Å². The average molecular weight is 410 g/mol. The second-order valence-electron chi connectivity index (χ2n) is 7.40. The smallest absolute Gasteiger partial charge is 0.269 e. The van der Waals surface area contributed by atoms with Crippen LogP contribution < -0.4 is 20.3 Å². The summed E-state index contributed by atoms with van der Waals surface area (Å²) in [4.78, 5) is 37.1. The van der Waals surface area contributed by atoms with Gasteiger partial charge in [0.2, 0.25) is 0 Å². The zero-order valence-electron chi connectivity index (χ0n) is 17.2. The molecule has 0 aliphatic carbocycles. The highest BCUT2D eigenvalue weighted by molar-refractivity contribution is 5.96. The van der Waals surface area contributed by atoms with Crippen LogP contribution in [0.4, 0.5) is 11.5 Å². The van der Waals surface area contributed by atoms with Crippen molar-refractivity contribution < 1.29 is 14.3 Å². The zero-order chi connectivity index (χ0) is 21.1. The van der Waals surface area contributed by atoms with Crippen molar-refractivity contribution in [2.24, 2.45) is 0 Å². The lowest BCUT2D eigenvalue weighted by Gasteiger charge is -2.36. The largest absolute Gasteiger partial charge is 0.477 e. The van der Waals surface area contributed by atoms with Crippen LogP contribution in [0.2, 0.25) is 0 Å². The first-order valence-corrected chi connectivity index (χ1v) is 10.2. The number of ether oxygens (including phenoxy) is 1. The molecule has 2 aliphatic heterocycles. The lowest BCUT2D eigenvalue weighted by Crippen LogP contribution is -2.46. The predicted molar refractivity (Wildman–Crippen MR) is 113 cm³/mol. The summed E-state index contributed by atoms with van der Waals surface area (Å²) in [7, 11) is 1.59. The topological polar surface area (TPSA) is 99.7 Å². The molecular weight excluding hydrogens is 384 g/mol. The Morgan fingerprint density at radius 3 is 2.70 bits per heavy atom. The van der Waals surface area contributed by atoms with Crippen LogP contribution >= 0.6 is 0 Å². The number of carbonyl (C=O) groups is 2. The molecule has 9 heteroatoms. The maximum atomic E-state index is 12.0. The third-order valence-corrected chi connectivity index (χ3v) is 5.42. The van der Waals surface area contributed by atoms with Crippen molar-refractivity contribution in [2.75, 3.05) is 43.4 Å². The first-order valence-electron chi connectivity index (χ1n) is 10.2. The molecule has 2 N–H and O–H groups in total. The van der Waals surface area contributed by atoms with Gasteiger partial charge < -0.3 is 20.3 Å². The molecule has 4 rings (SSSR count). The molecule has 2 aromatic heterocycles. The predicted octanol–water partition coefficient (Wildman–Crippen LogP) is 1.27. The van der Waals surface area contributed by atoms with E-state index in [1.807, 2.05) is 25.1 Å². The number of hydrogen-bond donors (Lipinski definition) is 2. The van der Waals surface area contributed by atoms with Gasteiger partial charge in [-0.2, -0.15) is 0 Å². The third-order valence-electron chi connectivity index (χ3n) is 5.42. The van der Waals surface area contributed by atoms with Crippen LogP contribution in [0.5, 0.6) is 5.75 Å². The van der Waals surface area contributed by atoms with Crippen LogP contribution in [-0.4, -0.2) is 66.0 Å². The molecule has 0 radical (unpaired) electrons. The number of rotatable bonds is 5. The first kappa shape index (κ1) is 20.1. The van der Waals surface area contributed by atoms with Gasteiger partial charge in [-0.3, -0.25) is 14.5 Å². The summed E-state index contributed by atoms with van der Waals surface area (Å²) in [6.45, 7) is 6.13. The van der Waals surface area contributed by atoms with E-state index in [2.05, 4.69) is 30.4 Å². The van der Waals surface area contributed by atoms with Gasteiger partial charge in [0.1, 0.15) is 5.69 Å². The van der Waals surface area contributed by atoms with E-state index in [0.717, 1.165) is 37.6 Å². The number of nitrogens with one attached hydrogen (secondary N) is 2. The molecule has 1 unspecified atom stereocenters. The van der Waals surface area contributed by atoms with Gasteiger partial charge in [0.15, 0.2) is 17.7 Å². The van der Waals surface area contributed by atoms with Crippen molar-refractivity contribution >= 4 is 23.3 Å². The number of piperazine rings is 1. The number of nitrogens with zero attached hydrogens (tertiary/aromatic N) is 4. The van der Waals surface area contributed by atoms with Gasteiger partial charge >= 0.3 is 0 Å². The molecular formula is C21H26N6O3. The van der Waals surface area contributed by atoms with Gasteiger partial charge in [-0.05, 0) is 30.7 Å². The molecule has 0 aromatic carbocycles. The Morgan fingerprint density at radius 2 is 2.03 bits per heavy atom. The molecule has 1 atom stereocenters. The Balaban J connectivity index is 1.34. The minimum Gasteiger partial charge on any atom is -0.477 e. The minimum atomic E-state index is -0.446. The van der Waals surface area contributed by atoms with Gasteiger partial charge in [0.25, 0.3) is 11.8 Å². The normalized spacial score (nSPS) is 18.9. The Bertz CT molecular complexity index is 925. The summed E-state index contributed by atoms with van der Waals surface area (Å²) in [6, 6.07) is 7.52. The Kier molecular flexibility index (Phi) is 5.80. The summed E-state index contributed by atoms with van der Waals surface area (Å²) < 4.78 is 5.71. The van der Waals surface area contributed by atoms with Crippen molar-refractivity contribution in [2.45, 2.75) is 26.0 Å². The summed E-state index contributed by atoms with van der Waals surface area (Å²) in [5, 5.41) is 5.42. The van der Waals surface area contributed by atoms with E-state index in [4.69, 9.17) is 4.74 Å². The molecule has 9 nitrogen and oxygen atoms in total. The molecule has 1 saturated heterocycles. The van der Waals surface area contributed by atoms with Crippen LogP contribution in [0.1, 0.15) is 29.5 Å². The summed E-state index contributed by atoms with van der Waals surface area (Å²) in [5.74, 6) is 0.806. The number of fused-ring (bicyclic) bond motifs is 1. The molecule has 0 spiro atoms. The molecule has 30 heavy (non-hydrogen) atoms. The van der Waals surface area contributed by atoms with E-state index < -0.39 is 6.10 Å².